The fourth-order valence-electron chi connectivity index (χ4n) is 3.84. The van der Waals surface area contributed by atoms with Crippen molar-refractivity contribution >= 4 is 5.96 Å². The molecule has 3 aliphatic heterocycles. The van der Waals surface area contributed by atoms with Crippen molar-refractivity contribution in [1.82, 2.24) is 5.06 Å². The number of nitrogens with zero attached hydrogens (tertiary/aromatic N) is 3. The number of hydrogen-bond acceptors (Lipinski definition) is 7. The highest BCUT2D eigenvalue weighted by Crippen LogP contribution is 2.45. The van der Waals surface area contributed by atoms with Gasteiger partial charge in [-0.2, -0.15) is 5.26 Å². The lowest BCUT2D eigenvalue weighted by Crippen LogP contribution is -2.35. The Bertz CT molecular complexity index is 994. The molecule has 1 unspecified atom stereocenters. The van der Waals surface area contributed by atoms with Gasteiger partial charge in [-0.3, -0.25) is 0 Å². The van der Waals surface area contributed by atoms with E-state index < -0.39 is 5.72 Å². The molecule has 2 aromatic rings. The molecule has 1 saturated heterocycles. The van der Waals surface area contributed by atoms with E-state index in [1.54, 1.807) is 13.1 Å². The van der Waals surface area contributed by atoms with E-state index in [1.165, 1.54) is 17.9 Å². The summed E-state index contributed by atoms with van der Waals surface area (Å²) in [6.07, 6.45) is 3.67. The van der Waals surface area contributed by atoms with E-state index in [2.05, 4.69) is 18.0 Å². The monoisotopic (exact) mass is 406 g/mol. The minimum absolute atomic E-state index is 0.347. The largest absolute Gasteiger partial charge is 0.493 e. The van der Waals surface area contributed by atoms with Gasteiger partial charge < -0.3 is 15.2 Å². The first kappa shape index (κ1) is 20.2. The number of ether oxygens (including phenoxy) is 2. The summed E-state index contributed by atoms with van der Waals surface area (Å²) in [5.74, 6) is 1.09. The predicted octanol–water partition coefficient (Wildman–Crippen LogP) is 3.54. The van der Waals surface area contributed by atoms with E-state index in [-0.39, 0.29) is 0 Å². The Balaban J connectivity index is 0.000000313. The van der Waals surface area contributed by atoms with Crippen LogP contribution in [0.1, 0.15) is 37.3 Å². The van der Waals surface area contributed by atoms with E-state index in [1.807, 2.05) is 36.4 Å². The molecule has 0 amide bonds. The highest BCUT2D eigenvalue weighted by atomic mass is 16.7. The summed E-state index contributed by atoms with van der Waals surface area (Å²) >= 11 is 0. The quantitative estimate of drug-likeness (QED) is 0.779. The molecule has 5 rings (SSSR count). The number of guanidine groups is 1. The van der Waals surface area contributed by atoms with Gasteiger partial charge >= 0.3 is 0 Å². The molecule has 1 fully saturated rings. The summed E-state index contributed by atoms with van der Waals surface area (Å²) in [5.41, 5.74) is 8.47. The molecular weight excluding hydrogens is 380 g/mol. The second kappa shape index (κ2) is 8.34. The molecule has 0 radical (unpaired) electrons. The van der Waals surface area contributed by atoms with Crippen molar-refractivity contribution in [2.75, 3.05) is 20.3 Å². The number of hydroxylamine groups is 2. The maximum absolute atomic E-state index is 9.10. The molecule has 2 aromatic carbocycles. The standard InChI is InChI=1S/C18H16N4O2.C5H10O/c1-22-17(20)21-18(24-22)7-8-23-16-6-5-14(10-15(16)18)13-4-2-3-12(9-13)11-19;1-5-3-2-4-6-5/h2-6,9-10H,7-8H2,1H3,(H2,20,21);5H,2-4H2,1H3/t18-;/m0./s1. The molecule has 0 aromatic heterocycles. The highest BCUT2D eigenvalue weighted by Gasteiger charge is 2.45. The van der Waals surface area contributed by atoms with Gasteiger partial charge in [0.25, 0.3) is 0 Å². The first-order valence-electron chi connectivity index (χ1n) is 10.2. The van der Waals surface area contributed by atoms with Crippen molar-refractivity contribution in [2.45, 2.75) is 38.0 Å². The van der Waals surface area contributed by atoms with Crippen LogP contribution in [0.5, 0.6) is 5.75 Å². The molecule has 3 heterocycles. The Morgan fingerprint density at radius 3 is 2.67 bits per heavy atom. The second-order valence-corrected chi connectivity index (χ2v) is 7.67. The molecule has 7 heteroatoms. The van der Waals surface area contributed by atoms with Crippen LogP contribution in [0.4, 0.5) is 0 Å². The van der Waals surface area contributed by atoms with Crippen molar-refractivity contribution in [3.63, 3.8) is 0 Å². The average Bonchev–Trinajstić information content (AvgIpc) is 3.35. The number of aliphatic imine (C=N–C) groups is 1. The number of fused-ring (bicyclic) bond motifs is 2. The van der Waals surface area contributed by atoms with Crippen LogP contribution >= 0.6 is 0 Å². The molecule has 0 saturated carbocycles. The van der Waals surface area contributed by atoms with E-state index in [9.17, 15) is 0 Å². The van der Waals surface area contributed by atoms with Crippen LogP contribution in [-0.2, 0) is 15.3 Å². The van der Waals surface area contributed by atoms with Gasteiger partial charge in [-0.25, -0.2) is 14.9 Å². The first-order valence-corrected chi connectivity index (χ1v) is 10.2. The van der Waals surface area contributed by atoms with Crippen LogP contribution in [0.25, 0.3) is 11.1 Å². The predicted molar refractivity (Wildman–Crippen MR) is 114 cm³/mol. The summed E-state index contributed by atoms with van der Waals surface area (Å²) in [6.45, 7) is 3.62. The van der Waals surface area contributed by atoms with Gasteiger partial charge in [0.2, 0.25) is 11.7 Å². The molecular formula is C23H26N4O3. The maximum Gasteiger partial charge on any atom is 0.221 e. The van der Waals surface area contributed by atoms with E-state index >= 15 is 0 Å². The number of hydrogen-bond donors (Lipinski definition) is 1. The zero-order valence-electron chi connectivity index (χ0n) is 17.3. The number of nitrogens with two attached hydrogens (primary N) is 1. The molecule has 30 heavy (non-hydrogen) atoms. The fraction of sp³-hybridized carbons (Fsp3) is 0.391. The van der Waals surface area contributed by atoms with Crippen molar-refractivity contribution in [3.05, 3.63) is 53.6 Å². The van der Waals surface area contributed by atoms with Crippen molar-refractivity contribution in [1.29, 1.82) is 5.26 Å². The minimum Gasteiger partial charge on any atom is -0.493 e. The van der Waals surface area contributed by atoms with Gasteiger partial charge in [-0.1, -0.05) is 18.2 Å². The normalized spacial score (nSPS) is 24.4. The van der Waals surface area contributed by atoms with E-state index in [0.717, 1.165) is 29.0 Å². The SMILES string of the molecule is CC1CCCO1.CN1O[C@]2(CCOc3ccc(-c4cccc(C#N)c4)cc32)N=C1N. The lowest BCUT2D eigenvalue weighted by atomic mass is 9.92. The average molecular weight is 406 g/mol. The lowest BCUT2D eigenvalue weighted by Gasteiger charge is -2.32. The zero-order valence-corrected chi connectivity index (χ0v) is 17.3. The molecule has 7 nitrogen and oxygen atoms in total. The summed E-state index contributed by atoms with van der Waals surface area (Å²) in [5, 5.41) is 10.6. The highest BCUT2D eigenvalue weighted by molar-refractivity contribution is 5.79. The number of benzene rings is 2. The third-order valence-corrected chi connectivity index (χ3v) is 5.49. The topological polar surface area (TPSA) is 93.1 Å². The smallest absolute Gasteiger partial charge is 0.221 e. The molecule has 1 spiro atoms. The van der Waals surface area contributed by atoms with Gasteiger partial charge in [0.15, 0.2) is 0 Å². The van der Waals surface area contributed by atoms with Crippen LogP contribution in [0.2, 0.25) is 0 Å². The van der Waals surface area contributed by atoms with Crippen LogP contribution < -0.4 is 10.5 Å². The van der Waals surface area contributed by atoms with E-state index in [0.29, 0.717) is 30.7 Å². The minimum atomic E-state index is -0.838. The van der Waals surface area contributed by atoms with Crippen LogP contribution in [0.15, 0.2) is 47.5 Å². The Hall–Kier alpha value is -3.08. The third-order valence-electron chi connectivity index (χ3n) is 5.49. The van der Waals surface area contributed by atoms with Gasteiger partial charge in [0.1, 0.15) is 5.75 Å². The Morgan fingerprint density at radius 1 is 1.20 bits per heavy atom. The molecule has 156 valence electrons. The Labute approximate surface area is 176 Å². The van der Waals surface area contributed by atoms with Gasteiger partial charge in [0, 0.05) is 20.1 Å². The molecule has 0 bridgehead atoms. The Morgan fingerprint density at radius 2 is 2.03 bits per heavy atom. The first-order chi connectivity index (χ1) is 14.5. The molecule has 2 N–H and O–H groups in total. The number of nitriles is 1. The van der Waals surface area contributed by atoms with Crippen LogP contribution in [0.3, 0.4) is 0 Å². The molecule has 3 aliphatic rings. The maximum atomic E-state index is 9.10. The second-order valence-electron chi connectivity index (χ2n) is 7.67. The van der Waals surface area contributed by atoms with E-state index in [4.69, 9.17) is 25.3 Å². The van der Waals surface area contributed by atoms with Crippen molar-refractivity contribution < 1.29 is 14.3 Å². The van der Waals surface area contributed by atoms with Crippen molar-refractivity contribution in [3.8, 4) is 22.9 Å². The van der Waals surface area contributed by atoms with Gasteiger partial charge in [-0.15, -0.1) is 0 Å². The van der Waals surface area contributed by atoms with Gasteiger partial charge in [-0.05, 0) is 55.2 Å². The summed E-state index contributed by atoms with van der Waals surface area (Å²) < 4.78 is 10.9. The van der Waals surface area contributed by atoms with Crippen molar-refractivity contribution in [2.24, 2.45) is 10.7 Å². The Kier molecular flexibility index (Phi) is 5.62. The summed E-state index contributed by atoms with van der Waals surface area (Å²) in [4.78, 5) is 10.5. The summed E-state index contributed by atoms with van der Waals surface area (Å²) in [7, 11) is 1.74. The molecule has 2 atom stereocenters. The fourth-order valence-corrected chi connectivity index (χ4v) is 3.84. The van der Waals surface area contributed by atoms with Gasteiger partial charge in [0.05, 0.1) is 29.9 Å². The molecule has 0 aliphatic carbocycles. The zero-order chi connectivity index (χ0) is 21.1. The third kappa shape index (κ3) is 3.97. The number of rotatable bonds is 1. The lowest BCUT2D eigenvalue weighted by molar-refractivity contribution is -0.183. The summed E-state index contributed by atoms with van der Waals surface area (Å²) in [6, 6.07) is 15.5. The van der Waals surface area contributed by atoms with Crippen LogP contribution in [0, 0.1) is 11.3 Å². The van der Waals surface area contributed by atoms with Crippen LogP contribution in [-0.4, -0.2) is 37.4 Å².